The van der Waals surface area contributed by atoms with Crippen LogP contribution in [0.1, 0.15) is 25.0 Å². The van der Waals surface area contributed by atoms with Crippen molar-refractivity contribution in [1.29, 1.82) is 0 Å². The number of hydrogen-bond donors (Lipinski definition) is 1. The van der Waals surface area contributed by atoms with Gasteiger partial charge in [-0.15, -0.1) is 0 Å². The van der Waals surface area contributed by atoms with Gasteiger partial charge >= 0.3 is 0 Å². The second-order valence-electron chi connectivity index (χ2n) is 7.17. The third kappa shape index (κ3) is 4.20. The van der Waals surface area contributed by atoms with E-state index in [2.05, 4.69) is 10.4 Å². The molecule has 1 atom stereocenters. The normalized spacial score (nSPS) is 14.8. The Kier molecular flexibility index (Phi) is 5.82. The molecule has 0 radical (unpaired) electrons. The predicted octanol–water partition coefficient (Wildman–Crippen LogP) is 4.50. The van der Waals surface area contributed by atoms with Crippen LogP contribution in [0.25, 0.3) is 5.69 Å². The van der Waals surface area contributed by atoms with Gasteiger partial charge in [0.2, 0.25) is 0 Å². The molecule has 9 heteroatoms. The van der Waals surface area contributed by atoms with Crippen LogP contribution in [0.3, 0.4) is 0 Å². The second-order valence-corrected chi connectivity index (χ2v) is 7.55. The minimum Gasteiger partial charge on any atom is -0.494 e. The number of nitrogens with one attached hydrogen (secondary N) is 1. The summed E-state index contributed by atoms with van der Waals surface area (Å²) in [4.78, 5) is 12.6. The van der Waals surface area contributed by atoms with Crippen LogP contribution in [0.5, 0.6) is 11.5 Å². The topological polar surface area (TPSA) is 65.4 Å². The van der Waals surface area contributed by atoms with Crippen LogP contribution in [-0.2, 0) is 13.0 Å². The van der Waals surface area contributed by atoms with Crippen molar-refractivity contribution in [2.75, 3.05) is 11.9 Å². The molecule has 162 valence electrons. The molecule has 1 N–H and O–H groups in total. The zero-order valence-corrected chi connectivity index (χ0v) is 17.7. The summed E-state index contributed by atoms with van der Waals surface area (Å²) in [5.74, 6) is -0.145. The molecule has 1 unspecified atom stereocenters. The second kappa shape index (κ2) is 8.55. The molecule has 0 bridgehead atoms. The number of aromatic nitrogens is 2. The summed E-state index contributed by atoms with van der Waals surface area (Å²) in [5, 5.41) is 6.89. The Balaban J connectivity index is 1.60. The van der Waals surface area contributed by atoms with E-state index in [9.17, 15) is 13.6 Å². The molecule has 0 fully saturated rings. The number of hydrogen-bond acceptors (Lipinski definition) is 5. The zero-order chi connectivity index (χ0) is 22.1. The third-order valence-corrected chi connectivity index (χ3v) is 5.27. The van der Waals surface area contributed by atoms with E-state index in [0.29, 0.717) is 19.2 Å². The number of benzene rings is 2. The predicted molar refractivity (Wildman–Crippen MR) is 113 cm³/mol. The molecule has 2 aromatic carbocycles. The lowest BCUT2D eigenvalue weighted by Gasteiger charge is -2.15. The number of nitrogens with zero attached hydrogens (tertiary/aromatic N) is 2. The van der Waals surface area contributed by atoms with Crippen molar-refractivity contribution in [2.45, 2.75) is 32.9 Å². The number of rotatable bonds is 6. The van der Waals surface area contributed by atoms with Crippen molar-refractivity contribution in [3.05, 3.63) is 74.7 Å². The Bertz CT molecular complexity index is 1200. The van der Waals surface area contributed by atoms with E-state index in [1.807, 2.05) is 26.0 Å². The van der Waals surface area contributed by atoms with Gasteiger partial charge in [-0.1, -0.05) is 11.6 Å². The largest absolute Gasteiger partial charge is 0.494 e. The van der Waals surface area contributed by atoms with E-state index < -0.39 is 17.2 Å². The fraction of sp³-hybridized carbons (Fsp3) is 0.273. The highest BCUT2D eigenvalue weighted by Gasteiger charge is 2.22. The van der Waals surface area contributed by atoms with Crippen molar-refractivity contribution in [2.24, 2.45) is 0 Å². The minimum absolute atomic E-state index is 0.103. The maximum Gasteiger partial charge on any atom is 0.292 e. The van der Waals surface area contributed by atoms with Crippen molar-refractivity contribution in [3.63, 3.8) is 0 Å². The summed E-state index contributed by atoms with van der Waals surface area (Å²) in [6.07, 6.45) is 2.24. The van der Waals surface area contributed by atoms with Crippen LogP contribution in [0, 0.1) is 11.6 Å². The summed E-state index contributed by atoms with van der Waals surface area (Å²) in [6, 6.07) is 6.72. The SMILES string of the molecule is CCOc1cc2c(cc1CNc1cnn(-c3ccc(F)cc3F)c(=O)c1Cl)OC(C)C2. The maximum absolute atomic E-state index is 14.0. The van der Waals surface area contributed by atoms with E-state index in [0.717, 1.165) is 45.9 Å². The Morgan fingerprint density at radius 3 is 2.87 bits per heavy atom. The van der Waals surface area contributed by atoms with Gasteiger partial charge < -0.3 is 14.8 Å². The van der Waals surface area contributed by atoms with E-state index in [-0.39, 0.29) is 22.5 Å². The molecular formula is C22H20ClF2N3O3. The fourth-order valence-corrected chi connectivity index (χ4v) is 3.68. The Morgan fingerprint density at radius 2 is 2.13 bits per heavy atom. The van der Waals surface area contributed by atoms with Gasteiger partial charge in [-0.2, -0.15) is 9.78 Å². The first kappa shape index (κ1) is 21.1. The lowest BCUT2D eigenvalue weighted by molar-refractivity contribution is 0.254. The summed E-state index contributed by atoms with van der Waals surface area (Å²) in [5.41, 5.74) is 1.28. The average molecular weight is 448 g/mol. The molecule has 0 aliphatic carbocycles. The van der Waals surface area contributed by atoms with E-state index in [1.165, 1.54) is 6.20 Å². The van der Waals surface area contributed by atoms with Crippen molar-refractivity contribution >= 4 is 17.3 Å². The van der Waals surface area contributed by atoms with E-state index in [4.69, 9.17) is 21.1 Å². The van der Waals surface area contributed by atoms with E-state index in [1.54, 1.807) is 0 Å². The van der Waals surface area contributed by atoms with Crippen molar-refractivity contribution in [1.82, 2.24) is 9.78 Å². The summed E-state index contributed by atoms with van der Waals surface area (Å²) in [7, 11) is 0. The lowest BCUT2D eigenvalue weighted by atomic mass is 10.1. The summed E-state index contributed by atoms with van der Waals surface area (Å²) >= 11 is 6.22. The smallest absolute Gasteiger partial charge is 0.292 e. The standard InChI is InChI=1S/C22H20ClF2N3O3/c1-3-30-19-7-13-6-12(2)31-20(13)8-14(19)10-26-17-11-27-28(22(29)21(17)23)18-5-4-15(24)9-16(18)25/h4-5,7-9,11-12,26H,3,6,10H2,1-2H3. The van der Waals surface area contributed by atoms with E-state index >= 15 is 0 Å². The molecule has 31 heavy (non-hydrogen) atoms. The van der Waals surface area contributed by atoms with Gasteiger partial charge in [-0.05, 0) is 38.1 Å². The molecule has 2 heterocycles. The van der Waals surface area contributed by atoms with Gasteiger partial charge in [-0.3, -0.25) is 4.79 Å². The maximum atomic E-state index is 14.0. The first-order chi connectivity index (χ1) is 14.9. The number of halogens is 3. The molecule has 1 aliphatic heterocycles. The molecule has 0 saturated heterocycles. The number of anilines is 1. The highest BCUT2D eigenvalue weighted by Crippen LogP contribution is 2.35. The number of fused-ring (bicyclic) bond motifs is 1. The molecule has 1 aliphatic rings. The van der Waals surface area contributed by atoms with Crippen LogP contribution < -0.4 is 20.3 Å². The van der Waals surface area contributed by atoms with Crippen molar-refractivity contribution in [3.8, 4) is 17.2 Å². The van der Waals surface area contributed by atoms with Crippen LogP contribution in [0.15, 0.2) is 41.3 Å². The quantitative estimate of drug-likeness (QED) is 0.602. The highest BCUT2D eigenvalue weighted by molar-refractivity contribution is 6.32. The molecule has 6 nitrogen and oxygen atoms in total. The minimum atomic E-state index is -0.917. The summed E-state index contributed by atoms with van der Waals surface area (Å²) in [6.45, 7) is 4.71. The Morgan fingerprint density at radius 1 is 1.32 bits per heavy atom. The van der Waals surface area contributed by atoms with Gasteiger partial charge in [0.1, 0.15) is 34.1 Å². The monoisotopic (exact) mass is 447 g/mol. The number of ether oxygens (including phenoxy) is 2. The molecule has 1 aromatic heterocycles. The van der Waals surface area contributed by atoms with Crippen LogP contribution >= 0.6 is 11.6 Å². The molecule has 0 spiro atoms. The molecule has 0 saturated carbocycles. The molecule has 0 amide bonds. The zero-order valence-electron chi connectivity index (χ0n) is 16.9. The Hall–Kier alpha value is -3.13. The van der Waals surface area contributed by atoms with Crippen LogP contribution in [-0.4, -0.2) is 22.5 Å². The third-order valence-electron chi connectivity index (χ3n) is 4.91. The van der Waals surface area contributed by atoms with Crippen LogP contribution in [0.2, 0.25) is 5.02 Å². The Labute approximate surface area is 182 Å². The summed E-state index contributed by atoms with van der Waals surface area (Å²) < 4.78 is 39.6. The van der Waals surface area contributed by atoms with Gasteiger partial charge in [0.25, 0.3) is 5.56 Å². The molecule has 3 aromatic rings. The van der Waals surface area contributed by atoms with Gasteiger partial charge in [0, 0.05) is 30.2 Å². The fourth-order valence-electron chi connectivity index (χ4n) is 3.48. The first-order valence-electron chi connectivity index (χ1n) is 9.79. The lowest BCUT2D eigenvalue weighted by Crippen LogP contribution is -2.23. The highest BCUT2D eigenvalue weighted by atomic mass is 35.5. The molecule has 4 rings (SSSR count). The van der Waals surface area contributed by atoms with Gasteiger partial charge in [0.05, 0.1) is 18.5 Å². The average Bonchev–Trinajstić information content (AvgIpc) is 3.09. The van der Waals surface area contributed by atoms with Crippen LogP contribution in [0.4, 0.5) is 14.5 Å². The first-order valence-corrected chi connectivity index (χ1v) is 10.2. The van der Waals surface area contributed by atoms with Gasteiger partial charge in [0.15, 0.2) is 5.82 Å². The van der Waals surface area contributed by atoms with Crippen molar-refractivity contribution < 1.29 is 18.3 Å². The molecular weight excluding hydrogens is 428 g/mol. The van der Waals surface area contributed by atoms with Gasteiger partial charge in [-0.25, -0.2) is 8.78 Å².